The van der Waals surface area contributed by atoms with Crippen LogP contribution in [0.4, 0.5) is 0 Å². The first-order valence-electron chi connectivity index (χ1n) is 9.01. The van der Waals surface area contributed by atoms with Crippen molar-refractivity contribution in [1.29, 1.82) is 0 Å². The third kappa shape index (κ3) is 4.33. The molecular weight excluding hydrogens is 286 g/mol. The molecule has 2 atom stereocenters. The summed E-state index contributed by atoms with van der Waals surface area (Å²) in [6.45, 7) is 7.94. The molecule has 0 saturated carbocycles. The van der Waals surface area contributed by atoms with E-state index < -0.39 is 0 Å². The Labute approximate surface area is 139 Å². The van der Waals surface area contributed by atoms with Crippen LogP contribution in [0.2, 0.25) is 0 Å². The van der Waals surface area contributed by atoms with Gasteiger partial charge in [-0.15, -0.1) is 0 Å². The van der Waals surface area contributed by atoms with E-state index in [2.05, 4.69) is 52.4 Å². The predicted molar refractivity (Wildman–Crippen MR) is 93.1 cm³/mol. The Hall–Kier alpha value is -1.39. The molecule has 126 valence electrons. The van der Waals surface area contributed by atoms with Crippen LogP contribution in [0, 0.1) is 5.92 Å². The Morgan fingerprint density at radius 1 is 1.17 bits per heavy atom. The molecule has 1 aromatic carbocycles. The van der Waals surface area contributed by atoms with Crippen LogP contribution in [-0.4, -0.2) is 54.5 Å². The Morgan fingerprint density at radius 3 is 2.74 bits per heavy atom. The first-order chi connectivity index (χ1) is 11.2. The highest BCUT2D eigenvalue weighted by Crippen LogP contribution is 2.18. The molecule has 2 unspecified atom stereocenters. The zero-order chi connectivity index (χ0) is 16.1. The van der Waals surface area contributed by atoms with Crippen LogP contribution in [-0.2, 0) is 11.3 Å². The van der Waals surface area contributed by atoms with Gasteiger partial charge < -0.3 is 10.2 Å². The second-order valence-electron chi connectivity index (χ2n) is 6.96. The lowest BCUT2D eigenvalue weighted by atomic mass is 9.98. The molecule has 0 bridgehead atoms. The molecule has 0 spiro atoms. The lowest BCUT2D eigenvalue weighted by Gasteiger charge is -2.29. The number of hydrogen-bond donors (Lipinski definition) is 1. The van der Waals surface area contributed by atoms with Crippen molar-refractivity contribution in [2.45, 2.75) is 38.8 Å². The predicted octanol–water partition coefficient (Wildman–Crippen LogP) is 2.11. The maximum absolute atomic E-state index is 12.7. The summed E-state index contributed by atoms with van der Waals surface area (Å²) in [4.78, 5) is 17.4. The van der Waals surface area contributed by atoms with E-state index in [4.69, 9.17) is 0 Å². The maximum atomic E-state index is 12.7. The number of nitrogens with one attached hydrogen (secondary N) is 1. The minimum Gasteiger partial charge on any atom is -0.341 e. The quantitative estimate of drug-likeness (QED) is 0.928. The first kappa shape index (κ1) is 16.5. The number of rotatable bonds is 3. The minimum atomic E-state index is 0.194. The Bertz CT molecular complexity index is 499. The SMILES string of the molecule is CC1CCN(C(=O)C2CCCNC2)CCN1Cc1ccccc1. The van der Waals surface area contributed by atoms with Gasteiger partial charge in [0.2, 0.25) is 5.91 Å². The summed E-state index contributed by atoms with van der Waals surface area (Å²) >= 11 is 0. The van der Waals surface area contributed by atoms with Crippen molar-refractivity contribution in [3.8, 4) is 0 Å². The van der Waals surface area contributed by atoms with Gasteiger partial charge in [0.15, 0.2) is 0 Å². The second-order valence-corrected chi connectivity index (χ2v) is 6.96. The molecule has 4 nitrogen and oxygen atoms in total. The fourth-order valence-electron chi connectivity index (χ4n) is 3.70. The molecule has 4 heteroatoms. The molecule has 2 saturated heterocycles. The number of benzene rings is 1. The molecule has 0 aliphatic carbocycles. The molecule has 1 aromatic rings. The van der Waals surface area contributed by atoms with E-state index in [1.165, 1.54) is 5.56 Å². The Balaban J connectivity index is 1.58. The van der Waals surface area contributed by atoms with Gasteiger partial charge in [0.1, 0.15) is 0 Å². The van der Waals surface area contributed by atoms with Gasteiger partial charge in [-0.25, -0.2) is 0 Å². The van der Waals surface area contributed by atoms with E-state index in [1.54, 1.807) is 0 Å². The van der Waals surface area contributed by atoms with Crippen LogP contribution in [0.5, 0.6) is 0 Å². The average Bonchev–Trinajstić information content (AvgIpc) is 2.78. The summed E-state index contributed by atoms with van der Waals surface area (Å²) in [5.74, 6) is 0.561. The second kappa shape index (κ2) is 7.93. The standard InChI is InChI=1S/C19H29N3O/c1-16-9-11-21(19(23)18-8-5-10-20-14-18)12-13-22(16)15-17-6-3-2-4-7-17/h2-4,6-7,16,18,20H,5,8-15H2,1H3. The van der Waals surface area contributed by atoms with Crippen molar-refractivity contribution >= 4 is 5.91 Å². The molecule has 3 rings (SSSR count). The molecule has 0 radical (unpaired) electrons. The van der Waals surface area contributed by atoms with Crippen molar-refractivity contribution in [1.82, 2.24) is 15.1 Å². The van der Waals surface area contributed by atoms with Crippen molar-refractivity contribution in [2.24, 2.45) is 5.92 Å². The summed E-state index contributed by atoms with van der Waals surface area (Å²) in [5, 5.41) is 3.36. The Kier molecular flexibility index (Phi) is 5.68. The van der Waals surface area contributed by atoms with Gasteiger partial charge in [0, 0.05) is 38.8 Å². The van der Waals surface area contributed by atoms with E-state index in [-0.39, 0.29) is 5.92 Å². The molecule has 1 N–H and O–H groups in total. The van der Waals surface area contributed by atoms with E-state index >= 15 is 0 Å². The summed E-state index contributed by atoms with van der Waals surface area (Å²) in [6.07, 6.45) is 3.24. The van der Waals surface area contributed by atoms with Gasteiger partial charge in [-0.05, 0) is 38.3 Å². The van der Waals surface area contributed by atoms with Crippen molar-refractivity contribution < 1.29 is 4.79 Å². The van der Waals surface area contributed by atoms with Crippen LogP contribution in [0.1, 0.15) is 31.7 Å². The molecule has 23 heavy (non-hydrogen) atoms. The normalized spacial score (nSPS) is 26.7. The average molecular weight is 315 g/mol. The van der Waals surface area contributed by atoms with Gasteiger partial charge in [-0.2, -0.15) is 0 Å². The lowest BCUT2D eigenvalue weighted by molar-refractivity contribution is -0.135. The van der Waals surface area contributed by atoms with E-state index in [9.17, 15) is 4.79 Å². The van der Waals surface area contributed by atoms with E-state index in [1.807, 2.05) is 0 Å². The number of piperidine rings is 1. The highest BCUT2D eigenvalue weighted by Gasteiger charge is 2.29. The van der Waals surface area contributed by atoms with Crippen molar-refractivity contribution in [2.75, 3.05) is 32.7 Å². The number of carbonyl (C=O) groups excluding carboxylic acids is 1. The van der Waals surface area contributed by atoms with Gasteiger partial charge >= 0.3 is 0 Å². The first-order valence-corrected chi connectivity index (χ1v) is 9.01. The monoisotopic (exact) mass is 315 g/mol. The molecule has 2 aliphatic rings. The van der Waals surface area contributed by atoms with Crippen LogP contribution >= 0.6 is 0 Å². The molecular formula is C19H29N3O. The smallest absolute Gasteiger partial charge is 0.227 e. The van der Waals surface area contributed by atoms with Gasteiger partial charge in [-0.1, -0.05) is 30.3 Å². The van der Waals surface area contributed by atoms with Gasteiger partial charge in [0.25, 0.3) is 0 Å². The molecule has 1 amide bonds. The van der Waals surface area contributed by atoms with E-state index in [0.29, 0.717) is 11.9 Å². The van der Waals surface area contributed by atoms with E-state index in [0.717, 1.165) is 58.5 Å². The minimum absolute atomic E-state index is 0.194. The third-order valence-corrected chi connectivity index (χ3v) is 5.28. The zero-order valence-electron chi connectivity index (χ0n) is 14.2. The fourth-order valence-corrected chi connectivity index (χ4v) is 3.70. The molecule has 2 heterocycles. The number of amides is 1. The number of hydrogen-bond acceptors (Lipinski definition) is 3. The van der Waals surface area contributed by atoms with Crippen LogP contribution in [0.25, 0.3) is 0 Å². The van der Waals surface area contributed by atoms with Gasteiger partial charge in [-0.3, -0.25) is 9.69 Å². The number of nitrogens with zero attached hydrogens (tertiary/aromatic N) is 2. The molecule has 0 aromatic heterocycles. The lowest BCUT2D eigenvalue weighted by Crippen LogP contribution is -2.44. The van der Waals surface area contributed by atoms with Crippen molar-refractivity contribution in [3.05, 3.63) is 35.9 Å². The maximum Gasteiger partial charge on any atom is 0.227 e. The number of carbonyl (C=O) groups is 1. The largest absolute Gasteiger partial charge is 0.341 e. The van der Waals surface area contributed by atoms with Crippen LogP contribution < -0.4 is 5.32 Å². The summed E-state index contributed by atoms with van der Waals surface area (Å²) < 4.78 is 0. The third-order valence-electron chi connectivity index (χ3n) is 5.28. The summed E-state index contributed by atoms with van der Waals surface area (Å²) in [5.41, 5.74) is 1.36. The fraction of sp³-hybridized carbons (Fsp3) is 0.632. The Morgan fingerprint density at radius 2 is 2.00 bits per heavy atom. The van der Waals surface area contributed by atoms with Gasteiger partial charge in [0.05, 0.1) is 5.92 Å². The zero-order valence-corrected chi connectivity index (χ0v) is 14.2. The molecule has 2 fully saturated rings. The van der Waals surface area contributed by atoms with Crippen molar-refractivity contribution in [3.63, 3.8) is 0 Å². The molecule has 2 aliphatic heterocycles. The summed E-state index contributed by atoms with van der Waals surface area (Å²) in [7, 11) is 0. The topological polar surface area (TPSA) is 35.6 Å². The highest BCUT2D eigenvalue weighted by atomic mass is 16.2. The highest BCUT2D eigenvalue weighted by molar-refractivity contribution is 5.79. The van der Waals surface area contributed by atoms with Crippen LogP contribution in [0.3, 0.4) is 0 Å². The van der Waals surface area contributed by atoms with Crippen LogP contribution in [0.15, 0.2) is 30.3 Å². The summed E-state index contributed by atoms with van der Waals surface area (Å²) in [6, 6.07) is 11.2.